The Kier molecular flexibility index (Phi) is 7.03. The zero-order valence-corrected chi connectivity index (χ0v) is 25.9. The molecular weight excluding hydrogens is 572 g/mol. The van der Waals surface area contributed by atoms with Crippen LogP contribution in [0.5, 0.6) is 5.75 Å². The number of anilines is 4. The molecule has 0 aliphatic carbocycles. The van der Waals surface area contributed by atoms with Crippen LogP contribution in [0.3, 0.4) is 0 Å². The number of rotatable bonds is 7. The standard InChI is InChI=1S/C32H38N10O3/c1-19-23(13-33)25(11-26(35-19)24-14-34-5-4-28(24)43-3)36-29-12-27-30(31(37-29)42-16-22-10-20(42)18-45-22)38-32(39(27)2)41-7-6-40-8-9-44-17-21(40)15-41/h4-5,11-14,20-22,33H,6-10,15-18H2,1-3H3,(H,35,36,37)/t20-,21+,22-/m1/s1. The molecule has 8 heterocycles. The normalized spacial score (nSPS) is 23.0. The van der Waals surface area contributed by atoms with Crippen molar-refractivity contribution in [1.82, 2.24) is 29.4 Å². The van der Waals surface area contributed by atoms with E-state index in [0.717, 1.165) is 92.1 Å². The van der Waals surface area contributed by atoms with Gasteiger partial charge in [-0.15, -0.1) is 0 Å². The lowest BCUT2D eigenvalue weighted by Gasteiger charge is -2.43. The monoisotopic (exact) mass is 610 g/mol. The fraction of sp³-hybridized carbons (Fsp3) is 0.469. The minimum atomic E-state index is 0.218. The predicted molar refractivity (Wildman–Crippen MR) is 172 cm³/mol. The van der Waals surface area contributed by atoms with Crippen molar-refractivity contribution in [2.24, 2.45) is 7.05 Å². The molecule has 4 fully saturated rings. The molecular formula is C32H38N10O3. The second-order valence-corrected chi connectivity index (χ2v) is 12.3. The van der Waals surface area contributed by atoms with Gasteiger partial charge in [-0.05, 0) is 25.5 Å². The molecule has 13 nitrogen and oxygen atoms in total. The van der Waals surface area contributed by atoms with Crippen LogP contribution < -0.4 is 19.9 Å². The maximum absolute atomic E-state index is 8.21. The van der Waals surface area contributed by atoms with Gasteiger partial charge in [0.1, 0.15) is 17.1 Å². The van der Waals surface area contributed by atoms with Crippen LogP contribution in [0.4, 0.5) is 23.3 Å². The van der Waals surface area contributed by atoms with Gasteiger partial charge in [0.25, 0.3) is 0 Å². The largest absolute Gasteiger partial charge is 0.496 e. The van der Waals surface area contributed by atoms with Gasteiger partial charge in [0, 0.05) is 75.7 Å². The summed E-state index contributed by atoms with van der Waals surface area (Å²) in [5.74, 6) is 3.17. The van der Waals surface area contributed by atoms with E-state index in [-0.39, 0.29) is 12.1 Å². The first-order chi connectivity index (χ1) is 22.0. The van der Waals surface area contributed by atoms with Crippen molar-refractivity contribution in [1.29, 1.82) is 5.41 Å². The first kappa shape index (κ1) is 28.2. The quantitative estimate of drug-likeness (QED) is 0.300. The summed E-state index contributed by atoms with van der Waals surface area (Å²) >= 11 is 0. The lowest BCUT2D eigenvalue weighted by atomic mass is 10.1. The zero-order chi connectivity index (χ0) is 30.7. The first-order valence-electron chi connectivity index (χ1n) is 15.6. The van der Waals surface area contributed by atoms with E-state index >= 15 is 0 Å². The minimum Gasteiger partial charge on any atom is -0.496 e. The average molecular weight is 611 g/mol. The molecule has 4 aromatic heterocycles. The number of aryl methyl sites for hydroxylation is 2. The molecule has 234 valence electrons. The Hall–Kier alpha value is -4.33. The fourth-order valence-electron chi connectivity index (χ4n) is 7.29. The molecule has 0 aromatic carbocycles. The number of fused-ring (bicyclic) bond motifs is 4. The maximum atomic E-state index is 8.21. The van der Waals surface area contributed by atoms with Crippen LogP contribution in [-0.2, 0) is 16.5 Å². The molecule has 4 saturated heterocycles. The number of nitrogens with one attached hydrogen (secondary N) is 2. The van der Waals surface area contributed by atoms with Crippen molar-refractivity contribution >= 4 is 40.5 Å². The van der Waals surface area contributed by atoms with Gasteiger partial charge >= 0.3 is 0 Å². The molecule has 0 radical (unpaired) electrons. The summed E-state index contributed by atoms with van der Waals surface area (Å²) in [7, 11) is 3.73. The number of morpholine rings is 2. The molecule has 0 saturated carbocycles. The minimum absolute atomic E-state index is 0.218. The molecule has 0 unspecified atom stereocenters. The van der Waals surface area contributed by atoms with E-state index in [9.17, 15) is 0 Å². The highest BCUT2D eigenvalue weighted by Crippen LogP contribution is 2.39. The number of nitrogens with zero attached hydrogens (tertiary/aromatic N) is 8. The van der Waals surface area contributed by atoms with Gasteiger partial charge in [0.2, 0.25) is 5.95 Å². The Labute approximate surface area is 261 Å². The highest BCUT2D eigenvalue weighted by molar-refractivity contribution is 5.94. The molecule has 4 aliphatic rings. The molecule has 3 atom stereocenters. The van der Waals surface area contributed by atoms with Crippen LogP contribution >= 0.6 is 0 Å². The van der Waals surface area contributed by atoms with Crippen LogP contribution in [-0.4, -0.2) is 113 Å². The predicted octanol–water partition coefficient (Wildman–Crippen LogP) is 2.98. The number of pyridine rings is 3. The van der Waals surface area contributed by atoms with Crippen LogP contribution in [0.25, 0.3) is 22.3 Å². The van der Waals surface area contributed by atoms with Crippen LogP contribution in [0, 0.1) is 12.3 Å². The Balaban J connectivity index is 1.21. The summed E-state index contributed by atoms with van der Waals surface area (Å²) in [6.07, 6.45) is 6.00. The zero-order valence-electron chi connectivity index (χ0n) is 25.9. The van der Waals surface area contributed by atoms with Crippen molar-refractivity contribution in [3.63, 3.8) is 0 Å². The number of ether oxygens (including phenoxy) is 3. The van der Waals surface area contributed by atoms with Crippen molar-refractivity contribution < 1.29 is 14.2 Å². The van der Waals surface area contributed by atoms with Gasteiger partial charge in [-0.1, -0.05) is 0 Å². The van der Waals surface area contributed by atoms with E-state index in [2.05, 4.69) is 42.7 Å². The number of hydrogen-bond acceptors (Lipinski definition) is 12. The lowest BCUT2D eigenvalue weighted by molar-refractivity contribution is -0.0119. The molecule has 45 heavy (non-hydrogen) atoms. The topological polar surface area (TPSA) is 130 Å². The Bertz CT molecular complexity index is 1780. The van der Waals surface area contributed by atoms with E-state index in [4.69, 9.17) is 34.6 Å². The molecule has 8 rings (SSSR count). The summed E-state index contributed by atoms with van der Waals surface area (Å²) in [5.41, 5.74) is 5.52. The van der Waals surface area contributed by atoms with Crippen molar-refractivity contribution in [3.05, 3.63) is 41.9 Å². The SMILES string of the molecule is COc1ccncc1-c1cc(Nc2cc3c(nc(N4CCN5CCOC[C@@H]5C4)n3C)c(N3C[C@H]4C[C@@H]3CO4)n2)c(C=N)c(C)n1. The van der Waals surface area contributed by atoms with E-state index in [1.807, 2.05) is 19.1 Å². The second-order valence-electron chi connectivity index (χ2n) is 12.3. The Morgan fingerprint density at radius 2 is 2.00 bits per heavy atom. The number of methoxy groups -OCH3 is 1. The summed E-state index contributed by atoms with van der Waals surface area (Å²) < 4.78 is 19.6. The molecule has 0 spiro atoms. The average Bonchev–Trinajstić information content (AvgIpc) is 3.79. The second kappa shape index (κ2) is 11.2. The molecule has 2 bridgehead atoms. The van der Waals surface area contributed by atoms with Gasteiger partial charge < -0.3 is 39.3 Å². The van der Waals surface area contributed by atoms with E-state index in [0.29, 0.717) is 35.5 Å². The number of imidazole rings is 1. The molecule has 4 aromatic rings. The third-order valence-electron chi connectivity index (χ3n) is 9.65. The third kappa shape index (κ3) is 4.86. The van der Waals surface area contributed by atoms with Crippen molar-refractivity contribution in [3.8, 4) is 17.0 Å². The Morgan fingerprint density at radius 3 is 2.80 bits per heavy atom. The molecule has 0 amide bonds. The molecule has 13 heteroatoms. The van der Waals surface area contributed by atoms with Crippen LogP contribution in [0.15, 0.2) is 30.6 Å². The van der Waals surface area contributed by atoms with E-state index in [1.54, 1.807) is 19.5 Å². The van der Waals surface area contributed by atoms with Gasteiger partial charge in [0.05, 0.1) is 67.6 Å². The first-order valence-corrected chi connectivity index (χ1v) is 15.6. The Morgan fingerprint density at radius 1 is 1.09 bits per heavy atom. The van der Waals surface area contributed by atoms with Crippen molar-refractivity contribution in [2.45, 2.75) is 31.5 Å². The fourth-order valence-corrected chi connectivity index (χ4v) is 7.29. The van der Waals surface area contributed by atoms with Crippen LogP contribution in [0.2, 0.25) is 0 Å². The number of aromatic nitrogens is 5. The van der Waals surface area contributed by atoms with Gasteiger partial charge in [-0.3, -0.25) is 14.9 Å². The smallest absolute Gasteiger partial charge is 0.206 e. The van der Waals surface area contributed by atoms with Crippen LogP contribution in [0.1, 0.15) is 17.7 Å². The summed E-state index contributed by atoms with van der Waals surface area (Å²) in [5, 5.41) is 11.8. The van der Waals surface area contributed by atoms with E-state index in [1.165, 1.54) is 6.21 Å². The lowest BCUT2D eigenvalue weighted by Crippen LogP contribution is -2.58. The molecule has 4 aliphatic heterocycles. The number of piperazine rings is 1. The highest BCUT2D eigenvalue weighted by Gasteiger charge is 2.41. The summed E-state index contributed by atoms with van der Waals surface area (Å²) in [6, 6.07) is 6.47. The molecule has 2 N–H and O–H groups in total. The summed E-state index contributed by atoms with van der Waals surface area (Å²) in [6.45, 7) is 8.76. The van der Waals surface area contributed by atoms with Gasteiger partial charge in [-0.2, -0.15) is 0 Å². The van der Waals surface area contributed by atoms with E-state index < -0.39 is 0 Å². The summed E-state index contributed by atoms with van der Waals surface area (Å²) in [4.78, 5) is 26.9. The highest BCUT2D eigenvalue weighted by atomic mass is 16.5. The number of hydrogen-bond donors (Lipinski definition) is 2. The maximum Gasteiger partial charge on any atom is 0.206 e. The van der Waals surface area contributed by atoms with Crippen molar-refractivity contribution in [2.75, 3.05) is 74.8 Å². The van der Waals surface area contributed by atoms with Gasteiger partial charge in [-0.25, -0.2) is 9.97 Å². The third-order valence-corrected chi connectivity index (χ3v) is 9.65. The van der Waals surface area contributed by atoms with Gasteiger partial charge in [0.15, 0.2) is 5.82 Å².